The number of thiophene rings is 1. The highest BCUT2D eigenvalue weighted by Crippen LogP contribution is 2.26. The molecule has 0 aromatic carbocycles. The van der Waals surface area contributed by atoms with E-state index >= 15 is 0 Å². The van der Waals surface area contributed by atoms with Crippen LogP contribution in [0.15, 0.2) is 11.4 Å². The van der Waals surface area contributed by atoms with Crippen LogP contribution in [0.25, 0.3) is 0 Å². The normalized spacial score (nSPS) is 18.9. The molecular formula is C11H15N3O2S. The molecule has 1 aliphatic heterocycles. The van der Waals surface area contributed by atoms with Crippen molar-refractivity contribution in [2.75, 3.05) is 18.8 Å². The minimum atomic E-state index is -0.828. The average Bonchev–Trinajstić information content (AvgIpc) is 2.68. The molecule has 0 saturated carbocycles. The number of nitrogens with two attached hydrogens (primary N) is 1. The molecule has 17 heavy (non-hydrogen) atoms. The molecule has 0 unspecified atom stereocenters. The van der Waals surface area contributed by atoms with Crippen molar-refractivity contribution in [2.45, 2.75) is 19.4 Å². The van der Waals surface area contributed by atoms with Crippen LogP contribution in [0.3, 0.4) is 0 Å². The molecule has 1 saturated heterocycles. The smallest absolute Gasteiger partial charge is 0.266 e. The number of carbonyl (C=O) groups excluding carboxylic acids is 2. The zero-order valence-corrected chi connectivity index (χ0v) is 10.6. The molecule has 1 fully saturated rings. The summed E-state index contributed by atoms with van der Waals surface area (Å²) in [4.78, 5) is 26.2. The van der Waals surface area contributed by atoms with E-state index < -0.39 is 5.54 Å². The van der Waals surface area contributed by atoms with E-state index in [0.717, 1.165) is 0 Å². The molecule has 1 aliphatic rings. The Morgan fingerprint density at radius 3 is 2.88 bits per heavy atom. The Hall–Kier alpha value is -1.56. The molecule has 6 heteroatoms. The number of carbonyl (C=O) groups is 2. The maximum Gasteiger partial charge on any atom is 0.266 e. The Kier molecular flexibility index (Phi) is 2.82. The van der Waals surface area contributed by atoms with Gasteiger partial charge in [-0.15, -0.1) is 11.3 Å². The number of anilines is 1. The van der Waals surface area contributed by atoms with Crippen molar-refractivity contribution in [1.29, 1.82) is 0 Å². The molecule has 0 bridgehead atoms. The molecule has 5 nitrogen and oxygen atoms in total. The van der Waals surface area contributed by atoms with Gasteiger partial charge in [-0.25, -0.2) is 0 Å². The molecule has 92 valence electrons. The van der Waals surface area contributed by atoms with Gasteiger partial charge in [-0.2, -0.15) is 0 Å². The number of amides is 2. The molecule has 2 amide bonds. The number of nitrogens with zero attached hydrogens (tertiary/aromatic N) is 1. The van der Waals surface area contributed by atoms with Gasteiger partial charge in [-0.1, -0.05) is 0 Å². The van der Waals surface area contributed by atoms with Crippen molar-refractivity contribution in [3.8, 4) is 0 Å². The summed E-state index contributed by atoms with van der Waals surface area (Å²) in [6, 6.07) is 1.70. The summed E-state index contributed by atoms with van der Waals surface area (Å²) >= 11 is 1.31. The van der Waals surface area contributed by atoms with Crippen LogP contribution >= 0.6 is 11.3 Å². The van der Waals surface area contributed by atoms with Crippen molar-refractivity contribution in [3.63, 3.8) is 0 Å². The zero-order valence-electron chi connectivity index (χ0n) is 9.82. The van der Waals surface area contributed by atoms with Gasteiger partial charge in [0.25, 0.3) is 5.91 Å². The topological polar surface area (TPSA) is 75.4 Å². The van der Waals surface area contributed by atoms with Crippen molar-refractivity contribution in [3.05, 3.63) is 16.3 Å². The number of nitrogen functional groups attached to an aromatic ring is 1. The van der Waals surface area contributed by atoms with Crippen molar-refractivity contribution >= 4 is 28.8 Å². The summed E-state index contributed by atoms with van der Waals surface area (Å²) < 4.78 is 0. The van der Waals surface area contributed by atoms with Crippen molar-refractivity contribution in [2.24, 2.45) is 0 Å². The molecule has 0 radical (unpaired) electrons. The quantitative estimate of drug-likeness (QED) is 0.773. The number of hydrogen-bond acceptors (Lipinski definition) is 4. The lowest BCUT2D eigenvalue weighted by Crippen LogP contribution is -2.63. The van der Waals surface area contributed by atoms with Crippen molar-refractivity contribution in [1.82, 2.24) is 10.2 Å². The first-order chi connectivity index (χ1) is 7.94. The van der Waals surface area contributed by atoms with Crippen LogP contribution in [0, 0.1) is 0 Å². The van der Waals surface area contributed by atoms with Crippen LogP contribution in [-0.4, -0.2) is 35.3 Å². The first kappa shape index (κ1) is 11.9. The van der Waals surface area contributed by atoms with E-state index in [-0.39, 0.29) is 11.8 Å². The van der Waals surface area contributed by atoms with Gasteiger partial charge in [0.15, 0.2) is 0 Å². The van der Waals surface area contributed by atoms with Gasteiger partial charge in [-0.3, -0.25) is 9.59 Å². The van der Waals surface area contributed by atoms with E-state index in [9.17, 15) is 9.59 Å². The molecule has 3 N–H and O–H groups in total. The van der Waals surface area contributed by atoms with E-state index in [2.05, 4.69) is 5.32 Å². The molecule has 0 atom stereocenters. The van der Waals surface area contributed by atoms with Gasteiger partial charge < -0.3 is 16.0 Å². The largest absolute Gasteiger partial charge is 0.397 e. The van der Waals surface area contributed by atoms with Gasteiger partial charge in [0.2, 0.25) is 5.91 Å². The molecule has 1 aromatic rings. The van der Waals surface area contributed by atoms with Crippen LogP contribution in [0.5, 0.6) is 0 Å². The summed E-state index contributed by atoms with van der Waals surface area (Å²) in [7, 11) is 0. The summed E-state index contributed by atoms with van der Waals surface area (Å²) in [6.45, 7) is 4.47. The van der Waals surface area contributed by atoms with Gasteiger partial charge in [0.1, 0.15) is 10.4 Å². The monoisotopic (exact) mass is 253 g/mol. The van der Waals surface area contributed by atoms with Gasteiger partial charge in [0.05, 0.1) is 5.69 Å². The third kappa shape index (κ3) is 1.88. The third-order valence-electron chi connectivity index (χ3n) is 2.99. The minimum absolute atomic E-state index is 0.132. The maximum absolute atomic E-state index is 12.3. The number of hydrogen-bond donors (Lipinski definition) is 2. The molecule has 2 rings (SSSR count). The Morgan fingerprint density at radius 2 is 2.29 bits per heavy atom. The van der Waals surface area contributed by atoms with Gasteiger partial charge in [-0.05, 0) is 25.3 Å². The Labute approximate surface area is 104 Å². The van der Waals surface area contributed by atoms with Crippen LogP contribution in [0.4, 0.5) is 5.69 Å². The predicted molar refractivity (Wildman–Crippen MR) is 66.9 cm³/mol. The Morgan fingerprint density at radius 1 is 1.59 bits per heavy atom. The first-order valence-electron chi connectivity index (χ1n) is 5.38. The van der Waals surface area contributed by atoms with Crippen molar-refractivity contribution < 1.29 is 9.59 Å². The standard InChI is InChI=1S/C11H15N3O2S/c1-11(2)10(16)13-4-5-14(11)9(15)8-7(12)3-6-17-8/h3,6H,4-5,12H2,1-2H3,(H,13,16). The highest BCUT2D eigenvalue weighted by Gasteiger charge is 2.41. The van der Waals surface area contributed by atoms with Crippen LogP contribution in [-0.2, 0) is 4.79 Å². The predicted octanol–water partition coefficient (Wildman–Crippen LogP) is 0.681. The lowest BCUT2D eigenvalue weighted by atomic mass is 9.98. The SMILES string of the molecule is CC1(C)C(=O)NCCN1C(=O)c1sccc1N. The molecule has 0 spiro atoms. The fourth-order valence-corrected chi connectivity index (χ4v) is 2.64. The fraction of sp³-hybridized carbons (Fsp3) is 0.455. The lowest BCUT2D eigenvalue weighted by molar-refractivity contribution is -0.133. The van der Waals surface area contributed by atoms with E-state index in [4.69, 9.17) is 5.73 Å². The molecule has 0 aliphatic carbocycles. The Bertz CT molecular complexity index is 467. The van der Waals surface area contributed by atoms with Gasteiger partial charge in [0, 0.05) is 13.1 Å². The van der Waals surface area contributed by atoms with E-state index in [1.165, 1.54) is 11.3 Å². The first-order valence-corrected chi connectivity index (χ1v) is 6.26. The van der Waals surface area contributed by atoms with E-state index in [0.29, 0.717) is 23.7 Å². The van der Waals surface area contributed by atoms with Crippen LogP contribution in [0.2, 0.25) is 0 Å². The fourth-order valence-electron chi connectivity index (χ4n) is 1.87. The summed E-state index contributed by atoms with van der Waals surface area (Å²) in [5.74, 6) is -0.301. The third-order valence-corrected chi connectivity index (χ3v) is 3.90. The van der Waals surface area contributed by atoms with Gasteiger partial charge >= 0.3 is 0 Å². The maximum atomic E-state index is 12.3. The molecular weight excluding hydrogens is 238 g/mol. The average molecular weight is 253 g/mol. The zero-order chi connectivity index (χ0) is 12.6. The minimum Gasteiger partial charge on any atom is -0.397 e. The summed E-state index contributed by atoms with van der Waals surface area (Å²) in [6.07, 6.45) is 0. The highest BCUT2D eigenvalue weighted by molar-refractivity contribution is 7.12. The molecule has 1 aromatic heterocycles. The summed E-state index contributed by atoms with van der Waals surface area (Å²) in [5.41, 5.74) is 5.38. The van der Waals surface area contributed by atoms with E-state index in [1.807, 2.05) is 0 Å². The number of nitrogens with one attached hydrogen (secondary N) is 1. The second-order valence-electron chi connectivity index (χ2n) is 4.48. The summed E-state index contributed by atoms with van der Waals surface area (Å²) in [5, 5.41) is 4.53. The number of rotatable bonds is 1. The Balaban J connectivity index is 2.31. The number of piperazine rings is 1. The lowest BCUT2D eigenvalue weighted by Gasteiger charge is -2.41. The second-order valence-corrected chi connectivity index (χ2v) is 5.39. The van der Waals surface area contributed by atoms with E-state index in [1.54, 1.807) is 30.2 Å². The highest BCUT2D eigenvalue weighted by atomic mass is 32.1. The van der Waals surface area contributed by atoms with Crippen LogP contribution < -0.4 is 11.1 Å². The molecule has 2 heterocycles. The van der Waals surface area contributed by atoms with Crippen LogP contribution in [0.1, 0.15) is 23.5 Å². The second kappa shape index (κ2) is 4.03.